The van der Waals surface area contributed by atoms with Gasteiger partial charge in [0, 0.05) is 38.0 Å². The van der Waals surface area contributed by atoms with Gasteiger partial charge >= 0.3 is 0 Å². The van der Waals surface area contributed by atoms with Gasteiger partial charge in [0.05, 0.1) is 6.10 Å². The summed E-state index contributed by atoms with van der Waals surface area (Å²) >= 11 is 5.88. The summed E-state index contributed by atoms with van der Waals surface area (Å²) < 4.78 is 0. The lowest BCUT2D eigenvalue weighted by Crippen LogP contribution is -2.48. The van der Waals surface area contributed by atoms with E-state index in [2.05, 4.69) is 0 Å². The molecule has 6 heteroatoms. The molecule has 1 fully saturated rings. The zero-order valence-electron chi connectivity index (χ0n) is 13.7. The quantitative estimate of drug-likeness (QED) is 0.909. The highest BCUT2D eigenvalue weighted by molar-refractivity contribution is 6.30. The van der Waals surface area contributed by atoms with Crippen molar-refractivity contribution >= 4 is 23.4 Å². The van der Waals surface area contributed by atoms with Gasteiger partial charge in [-0.05, 0) is 31.0 Å². The van der Waals surface area contributed by atoms with Crippen LogP contribution in [0.5, 0.6) is 0 Å². The molecule has 0 radical (unpaired) electrons. The van der Waals surface area contributed by atoms with Gasteiger partial charge in [-0.2, -0.15) is 0 Å². The van der Waals surface area contributed by atoms with Gasteiger partial charge < -0.3 is 14.9 Å². The summed E-state index contributed by atoms with van der Waals surface area (Å²) in [6.07, 6.45) is 0.373. The van der Waals surface area contributed by atoms with E-state index in [9.17, 15) is 14.7 Å². The molecular formula is C17H23ClN2O3. The average Bonchev–Trinajstić information content (AvgIpc) is 2.90. The Labute approximate surface area is 141 Å². The molecule has 1 aromatic carbocycles. The Bertz CT molecular complexity index is 576. The van der Waals surface area contributed by atoms with Gasteiger partial charge in [-0.3, -0.25) is 9.59 Å². The second-order valence-corrected chi connectivity index (χ2v) is 6.64. The van der Waals surface area contributed by atoms with E-state index in [1.165, 1.54) is 11.8 Å². The van der Waals surface area contributed by atoms with Crippen molar-refractivity contribution in [3.8, 4) is 0 Å². The fourth-order valence-corrected chi connectivity index (χ4v) is 3.07. The first-order valence-electron chi connectivity index (χ1n) is 7.76. The molecule has 1 aromatic rings. The molecule has 0 saturated carbocycles. The number of carbonyl (C=O) groups excluding carboxylic acids is 2. The van der Waals surface area contributed by atoms with Crippen molar-refractivity contribution in [3.63, 3.8) is 0 Å². The number of aliphatic hydroxyl groups excluding tert-OH is 1. The molecule has 0 bridgehead atoms. The van der Waals surface area contributed by atoms with E-state index in [1.54, 1.807) is 11.9 Å². The summed E-state index contributed by atoms with van der Waals surface area (Å²) in [5.74, 6) is -0.308. The number of rotatable bonds is 4. The lowest BCUT2D eigenvalue weighted by Gasteiger charge is -2.31. The number of hydrogen-bond donors (Lipinski definition) is 1. The van der Waals surface area contributed by atoms with Crippen LogP contribution in [0.1, 0.15) is 25.8 Å². The Morgan fingerprint density at radius 3 is 2.57 bits per heavy atom. The maximum absolute atomic E-state index is 12.7. The van der Waals surface area contributed by atoms with Crippen LogP contribution in [0.15, 0.2) is 24.3 Å². The van der Waals surface area contributed by atoms with Gasteiger partial charge in [-0.1, -0.05) is 23.7 Å². The van der Waals surface area contributed by atoms with Crippen LogP contribution in [0.25, 0.3) is 0 Å². The maximum Gasteiger partial charge on any atom is 0.245 e. The molecule has 2 rings (SSSR count). The van der Waals surface area contributed by atoms with Crippen molar-refractivity contribution in [2.75, 3.05) is 13.6 Å². The van der Waals surface area contributed by atoms with E-state index in [-0.39, 0.29) is 24.4 Å². The third-order valence-electron chi connectivity index (χ3n) is 4.42. The number of hydrogen-bond acceptors (Lipinski definition) is 3. The number of β-amino-alcohol motifs (C(OH)–C–C–N with tert-alkyl or cyclic N) is 1. The zero-order valence-corrected chi connectivity index (χ0v) is 14.5. The van der Waals surface area contributed by atoms with Crippen LogP contribution in [0.2, 0.25) is 5.02 Å². The second-order valence-electron chi connectivity index (χ2n) is 6.21. The molecule has 1 heterocycles. The number of aliphatic hydroxyl groups is 1. The van der Waals surface area contributed by atoms with E-state index in [0.717, 1.165) is 5.56 Å². The van der Waals surface area contributed by atoms with Crippen molar-refractivity contribution in [1.29, 1.82) is 0 Å². The number of likely N-dealkylation sites (N-methyl/N-ethyl adjacent to an activating group) is 1. The summed E-state index contributed by atoms with van der Waals surface area (Å²) in [7, 11) is 1.74. The lowest BCUT2D eigenvalue weighted by atomic mass is 10.0. The minimum atomic E-state index is -0.632. The van der Waals surface area contributed by atoms with E-state index < -0.39 is 12.1 Å². The van der Waals surface area contributed by atoms with Gasteiger partial charge in [0.1, 0.15) is 6.04 Å². The SMILES string of the molecule is CC(=O)N1C[C@@H](O)C[C@@H]1C(=O)N(C)C(C)Cc1ccc(Cl)cc1. The van der Waals surface area contributed by atoms with Gasteiger partial charge in [-0.25, -0.2) is 0 Å². The molecule has 3 atom stereocenters. The molecule has 2 amide bonds. The molecule has 1 N–H and O–H groups in total. The van der Waals surface area contributed by atoms with Crippen LogP contribution in [0.3, 0.4) is 0 Å². The normalized spacial score (nSPS) is 22.0. The van der Waals surface area contributed by atoms with Gasteiger partial charge in [-0.15, -0.1) is 0 Å². The monoisotopic (exact) mass is 338 g/mol. The van der Waals surface area contributed by atoms with Crippen LogP contribution < -0.4 is 0 Å². The van der Waals surface area contributed by atoms with E-state index in [0.29, 0.717) is 17.9 Å². The molecule has 126 valence electrons. The van der Waals surface area contributed by atoms with Crippen molar-refractivity contribution in [1.82, 2.24) is 9.80 Å². The predicted molar refractivity (Wildman–Crippen MR) is 89.2 cm³/mol. The highest BCUT2D eigenvalue weighted by atomic mass is 35.5. The van der Waals surface area contributed by atoms with Gasteiger partial charge in [0.25, 0.3) is 0 Å². The minimum Gasteiger partial charge on any atom is -0.391 e. The van der Waals surface area contributed by atoms with Crippen molar-refractivity contribution < 1.29 is 14.7 Å². The Morgan fingerprint density at radius 1 is 1.39 bits per heavy atom. The van der Waals surface area contributed by atoms with Crippen LogP contribution in [-0.4, -0.2) is 58.5 Å². The second kappa shape index (κ2) is 7.32. The summed E-state index contributed by atoms with van der Waals surface area (Å²) in [5, 5.41) is 10.5. The number of halogens is 1. The summed E-state index contributed by atoms with van der Waals surface area (Å²) in [6, 6.07) is 6.96. The summed E-state index contributed by atoms with van der Waals surface area (Å²) in [5.41, 5.74) is 1.09. The number of nitrogens with zero attached hydrogens (tertiary/aromatic N) is 2. The molecule has 1 aliphatic rings. The van der Waals surface area contributed by atoms with Crippen molar-refractivity contribution in [2.45, 2.75) is 44.9 Å². The summed E-state index contributed by atoms with van der Waals surface area (Å²) in [4.78, 5) is 27.5. The van der Waals surface area contributed by atoms with Crippen LogP contribution in [0.4, 0.5) is 0 Å². The van der Waals surface area contributed by atoms with E-state index in [1.807, 2.05) is 31.2 Å². The smallest absolute Gasteiger partial charge is 0.245 e. The van der Waals surface area contributed by atoms with Crippen LogP contribution >= 0.6 is 11.6 Å². The molecule has 1 unspecified atom stereocenters. The van der Waals surface area contributed by atoms with Crippen LogP contribution in [0, 0.1) is 0 Å². The molecule has 1 saturated heterocycles. The first-order chi connectivity index (χ1) is 10.8. The Kier molecular flexibility index (Phi) is 5.65. The third kappa shape index (κ3) is 4.24. The first kappa shape index (κ1) is 17.8. The first-order valence-corrected chi connectivity index (χ1v) is 8.13. The predicted octanol–water partition coefficient (Wildman–Crippen LogP) is 1.71. The number of benzene rings is 1. The van der Waals surface area contributed by atoms with Crippen LogP contribution in [-0.2, 0) is 16.0 Å². The number of carbonyl (C=O) groups is 2. The largest absolute Gasteiger partial charge is 0.391 e. The molecule has 0 aliphatic carbocycles. The van der Waals surface area contributed by atoms with Crippen molar-refractivity contribution in [3.05, 3.63) is 34.9 Å². The molecule has 5 nitrogen and oxygen atoms in total. The van der Waals surface area contributed by atoms with E-state index >= 15 is 0 Å². The molecule has 23 heavy (non-hydrogen) atoms. The van der Waals surface area contributed by atoms with Gasteiger partial charge in [0.15, 0.2) is 0 Å². The standard InChI is InChI=1S/C17H23ClN2O3/c1-11(8-13-4-6-14(18)7-5-13)19(3)17(23)16-9-15(22)10-20(16)12(2)21/h4-7,11,15-16,22H,8-10H2,1-3H3/t11?,15-,16+/m0/s1. The topological polar surface area (TPSA) is 60.9 Å². The fourth-order valence-electron chi connectivity index (χ4n) is 2.95. The highest BCUT2D eigenvalue weighted by Crippen LogP contribution is 2.21. The van der Waals surface area contributed by atoms with E-state index in [4.69, 9.17) is 11.6 Å². The summed E-state index contributed by atoms with van der Waals surface area (Å²) in [6.45, 7) is 3.62. The molecular weight excluding hydrogens is 316 g/mol. The zero-order chi connectivity index (χ0) is 17.1. The Morgan fingerprint density at radius 2 is 2.00 bits per heavy atom. The average molecular weight is 339 g/mol. The Balaban J connectivity index is 2.03. The number of likely N-dealkylation sites (tertiary alicyclic amines) is 1. The maximum atomic E-state index is 12.7. The molecule has 1 aliphatic heterocycles. The third-order valence-corrected chi connectivity index (χ3v) is 4.67. The highest BCUT2D eigenvalue weighted by Gasteiger charge is 2.39. The van der Waals surface area contributed by atoms with Gasteiger partial charge in [0.2, 0.25) is 11.8 Å². The number of amides is 2. The fraction of sp³-hybridized carbons (Fsp3) is 0.529. The Hall–Kier alpha value is -1.59. The molecule has 0 spiro atoms. The molecule has 0 aromatic heterocycles. The van der Waals surface area contributed by atoms with Crippen molar-refractivity contribution in [2.24, 2.45) is 0 Å². The minimum absolute atomic E-state index is 0.0183. The lowest BCUT2D eigenvalue weighted by molar-refractivity contribution is -0.143.